The minimum absolute atomic E-state index is 0.00380. The highest BCUT2D eigenvalue weighted by Gasteiger charge is 2.70. The second kappa shape index (κ2) is 36.4. The number of ether oxygens (including phenoxy) is 4. The summed E-state index contributed by atoms with van der Waals surface area (Å²) in [6.45, 7) is 11.2. The Bertz CT molecular complexity index is 5220. The van der Waals surface area contributed by atoms with E-state index in [0.29, 0.717) is 83.0 Å². The van der Waals surface area contributed by atoms with E-state index in [1.807, 2.05) is 45.0 Å². The lowest BCUT2D eigenvalue weighted by Gasteiger charge is -2.70. The first-order valence-corrected chi connectivity index (χ1v) is 42.3. The largest absolute Gasteiger partial charge is 0.484 e. The summed E-state index contributed by atoms with van der Waals surface area (Å²) in [5.41, 5.74) is 3.57. The number of Topliss-reactive ketones (excluding diaryl/α,β-unsaturated/α-hetero) is 2. The molecule has 6 amide bonds. The van der Waals surface area contributed by atoms with Gasteiger partial charge in [0.2, 0.25) is 0 Å². The van der Waals surface area contributed by atoms with E-state index in [9.17, 15) is 42.7 Å². The van der Waals surface area contributed by atoms with Gasteiger partial charge >= 0.3 is 0 Å². The highest BCUT2D eigenvalue weighted by molar-refractivity contribution is 6.43. The van der Waals surface area contributed by atoms with E-state index in [2.05, 4.69) is 75.7 Å². The summed E-state index contributed by atoms with van der Waals surface area (Å²) in [5, 5.41) is 21.4. The second-order valence-corrected chi connectivity index (χ2v) is 36.8. The highest BCUT2D eigenvalue weighted by atomic mass is 35.5. The third kappa shape index (κ3) is 20.9. The number of amides is 6. The number of hydrogen-bond acceptors (Lipinski definition) is 18. The van der Waals surface area contributed by atoms with Gasteiger partial charge < -0.3 is 50.8 Å². The molecule has 20 rings (SSSR count). The van der Waals surface area contributed by atoms with Crippen molar-refractivity contribution in [2.45, 2.75) is 190 Å². The lowest BCUT2D eigenvalue weighted by Crippen LogP contribution is -2.75. The summed E-state index contributed by atoms with van der Waals surface area (Å²) in [7, 11) is 0. The number of rotatable bonds is 26. The highest BCUT2D eigenvalue weighted by Crippen LogP contribution is 2.70. The lowest BCUT2D eigenvalue weighted by molar-refractivity contribution is -0.165. The average Bonchev–Trinajstić information content (AvgIpc) is 0.684. The Morgan fingerprint density at radius 3 is 1.21 bits per heavy atom. The Labute approximate surface area is 729 Å². The smallest absolute Gasteiger partial charge is 0.271 e. The van der Waals surface area contributed by atoms with Crippen LogP contribution in [0.3, 0.4) is 0 Å². The standard InChI is InChI=1S/C23H26Cl2N4O3.C23H26ClFN4O3.C22H21Cl2NO3.C20H19Cl2N3O3/c1-14-10-22(29-21(31)19-12-26-15(2)11-27-19)5-7-23(14,8-6-22)28-20(30)13-32-16-3-4-17(24)18(25)9-16;1-14-10-22(28-20(30)13-32-16-3-4-17(24)18(25)9-16)5-7-23(14,8-6-22)29-21(31)19-12-26-11-15(2)27-19;1-14-4-2-3-5-16(14)19(26)9-21-11-22(12-21,13-21)25-20(27)10-28-15-6-7-17(23)18(24)8-15;1-12-6-23-7-16(24-12)17(26)5-19-9-20(10-19,11-19)25-18(27)8-28-13-2-3-14(21)15(22)4-13/h2*3-4,9,11-12,14H,5-8,10,13H2,1-2H3,(H,28,30)(H,29,31);2-8H,9-13H2,1H3,(H,25,27);2-4,6-7H,5,8-11H2,1H3,(H,25,27)/t2*14-,22?,23?;;/m00../s1. The topological polar surface area (TPSA) is 323 Å². The van der Waals surface area contributed by atoms with Crippen LogP contribution in [0.15, 0.2) is 134 Å². The maximum atomic E-state index is 13.5. The summed E-state index contributed by atoms with van der Waals surface area (Å²) in [5.74, 6) is 0.568. The summed E-state index contributed by atoms with van der Waals surface area (Å²) in [6, 6.07) is 26.4. The van der Waals surface area contributed by atoms with Crippen molar-refractivity contribution in [1.29, 1.82) is 0 Å². The Balaban J connectivity index is 0.000000139. The zero-order valence-electron chi connectivity index (χ0n) is 67.0. The van der Waals surface area contributed by atoms with Crippen LogP contribution in [0.2, 0.25) is 35.2 Å². The predicted octanol–water partition coefficient (Wildman–Crippen LogP) is 16.5. The van der Waals surface area contributed by atoms with E-state index in [0.717, 1.165) is 131 Å². The third-order valence-corrected chi connectivity index (χ3v) is 27.2. The number of aromatic nitrogens is 6. The van der Waals surface area contributed by atoms with Crippen molar-refractivity contribution < 1.29 is 61.7 Å². The number of benzene rings is 5. The Morgan fingerprint density at radius 1 is 0.392 bits per heavy atom. The number of carbonyl (C=O) groups is 8. The van der Waals surface area contributed by atoms with Crippen LogP contribution in [0.1, 0.15) is 194 Å². The van der Waals surface area contributed by atoms with Gasteiger partial charge in [0.25, 0.3) is 35.4 Å². The van der Waals surface area contributed by atoms with Crippen LogP contribution in [0.25, 0.3) is 0 Å². The van der Waals surface area contributed by atoms with Crippen molar-refractivity contribution >= 4 is 128 Å². The zero-order chi connectivity index (χ0) is 85.7. The number of nitrogens with one attached hydrogen (secondary N) is 6. The van der Waals surface area contributed by atoms with Crippen molar-refractivity contribution in [2.24, 2.45) is 22.7 Å². The van der Waals surface area contributed by atoms with Gasteiger partial charge in [-0.3, -0.25) is 53.3 Å². The first kappa shape index (κ1) is 88.4. The van der Waals surface area contributed by atoms with Gasteiger partial charge in [-0.15, -0.1) is 0 Å². The van der Waals surface area contributed by atoms with E-state index in [1.165, 1.54) is 30.7 Å². The van der Waals surface area contributed by atoms with Gasteiger partial charge in [-0.1, -0.05) is 119 Å². The van der Waals surface area contributed by atoms with Crippen molar-refractivity contribution in [1.82, 2.24) is 61.8 Å². The third-order valence-electron chi connectivity index (χ3n) is 24.7. The molecule has 8 bridgehead atoms. The molecule has 0 saturated heterocycles. The fourth-order valence-electron chi connectivity index (χ4n) is 19.0. The van der Waals surface area contributed by atoms with E-state index in [-0.39, 0.29) is 140 Å². The zero-order valence-corrected chi connectivity index (χ0v) is 72.3. The molecule has 0 unspecified atom stereocenters. The monoisotopic (exact) mass is 1770 g/mol. The van der Waals surface area contributed by atoms with Crippen LogP contribution in [0.4, 0.5) is 4.39 Å². The van der Waals surface area contributed by atoms with Crippen LogP contribution < -0.4 is 50.8 Å². The number of nitrogens with zero attached hydrogens (tertiary/aromatic N) is 6. The van der Waals surface area contributed by atoms with Gasteiger partial charge in [-0.05, 0) is 207 Å². The Hall–Kier alpha value is -9.34. The molecule has 3 aromatic heterocycles. The minimum Gasteiger partial charge on any atom is -0.484 e. The Morgan fingerprint density at radius 2 is 0.783 bits per heavy atom. The molecule has 0 spiro atoms. The normalized spacial score (nSPS) is 25.6. The Kier molecular flexibility index (Phi) is 26.8. The van der Waals surface area contributed by atoms with Gasteiger partial charge in [0.1, 0.15) is 45.9 Å². The molecule has 0 radical (unpaired) electrons. The molecule has 12 saturated carbocycles. The number of ketones is 2. The molecule has 0 aliphatic heterocycles. The quantitative estimate of drug-likeness (QED) is 0.0274. The number of aryl methyl sites for hydroxylation is 4. The predicted molar refractivity (Wildman–Crippen MR) is 453 cm³/mol. The van der Waals surface area contributed by atoms with Crippen molar-refractivity contribution in [3.8, 4) is 23.0 Å². The molecule has 12 aliphatic rings. The van der Waals surface area contributed by atoms with Gasteiger partial charge in [0, 0.05) is 94.5 Å². The molecule has 2 atom stereocenters. The van der Waals surface area contributed by atoms with Gasteiger partial charge in [-0.2, -0.15) is 0 Å². The van der Waals surface area contributed by atoms with E-state index in [4.69, 9.17) is 100 Å². The second-order valence-electron chi connectivity index (χ2n) is 33.9. The molecule has 24 nitrogen and oxygen atoms in total. The molecule has 5 aromatic carbocycles. The molecule has 12 fully saturated rings. The average molecular weight is 1780 g/mol. The maximum absolute atomic E-state index is 13.5. The minimum atomic E-state index is -0.591. The molecule has 120 heavy (non-hydrogen) atoms. The van der Waals surface area contributed by atoms with Gasteiger partial charge in [0.05, 0.1) is 70.8 Å². The van der Waals surface area contributed by atoms with Crippen LogP contribution in [0, 0.1) is 56.2 Å². The van der Waals surface area contributed by atoms with Crippen LogP contribution in [0.5, 0.6) is 23.0 Å². The van der Waals surface area contributed by atoms with Crippen molar-refractivity contribution in [3.63, 3.8) is 0 Å². The summed E-state index contributed by atoms with van der Waals surface area (Å²) >= 11 is 41.2. The molecular weight excluding hydrogens is 1680 g/mol. The van der Waals surface area contributed by atoms with Crippen LogP contribution >= 0.6 is 81.2 Å². The number of hydrogen-bond donors (Lipinski definition) is 6. The molecular formula is C88H92Cl7FN12O12. The molecule has 8 aromatic rings. The molecule has 3 heterocycles. The summed E-state index contributed by atoms with van der Waals surface area (Å²) < 4.78 is 35.5. The SMILES string of the molecule is Cc1ccccc1C(=O)CC12CC(NC(=O)COc3ccc(Cl)c(Cl)c3)(C1)C2.Cc1cnc(C(=O)NC23CCC(NC(=O)COc4ccc(Cl)c(Cl)c4)(CC2)[C@@H](C)C3)cn1.Cc1cncc(C(=O)CC23CC(NC(=O)COc4ccc(Cl)c(Cl)c4)(C2)C3)n1.Cc1cncc(C(=O)NC23CCC(NC(=O)COc4ccc(Cl)c(F)c4)(CC2)C[C@@H]3C)n1. The first-order chi connectivity index (χ1) is 57.0. The van der Waals surface area contributed by atoms with E-state index < -0.39 is 5.82 Å². The van der Waals surface area contributed by atoms with Gasteiger partial charge in [-0.25, -0.2) is 19.3 Å². The molecule has 6 N–H and O–H groups in total. The van der Waals surface area contributed by atoms with E-state index in [1.54, 1.807) is 80.1 Å². The summed E-state index contributed by atoms with van der Waals surface area (Å²) in [6.07, 6.45) is 23.1. The molecule has 32 heteroatoms. The van der Waals surface area contributed by atoms with Gasteiger partial charge in [0.15, 0.2) is 38.0 Å². The number of carbonyl (C=O) groups excluding carboxylic acids is 8. The van der Waals surface area contributed by atoms with Crippen molar-refractivity contribution in [3.05, 3.63) is 221 Å². The van der Waals surface area contributed by atoms with Crippen LogP contribution in [-0.2, 0) is 19.2 Å². The maximum Gasteiger partial charge on any atom is 0.271 e. The summed E-state index contributed by atoms with van der Waals surface area (Å²) in [4.78, 5) is 125. The van der Waals surface area contributed by atoms with Crippen molar-refractivity contribution in [2.75, 3.05) is 26.4 Å². The molecule has 632 valence electrons. The fraction of sp³-hybridized carbons (Fsp3) is 0.432. The van der Waals surface area contributed by atoms with Crippen LogP contribution in [-0.4, -0.2) is 137 Å². The first-order valence-electron chi connectivity index (χ1n) is 39.7. The fourth-order valence-corrected chi connectivity index (χ4v) is 20.0. The number of fused-ring (bicyclic) bond motifs is 6. The van der Waals surface area contributed by atoms with E-state index >= 15 is 0 Å². The lowest BCUT2D eigenvalue weighted by atomic mass is 9.38. The molecule has 12 aliphatic carbocycles. The number of halogens is 8.